The van der Waals surface area contributed by atoms with Gasteiger partial charge in [-0.3, -0.25) is 19.2 Å². The number of aromatic nitrogens is 1. The molecular weight excluding hydrogens is 942 g/mol. The molecule has 5 aliphatic carbocycles. The van der Waals surface area contributed by atoms with E-state index in [4.69, 9.17) is 23.7 Å². The number of rotatable bonds is 11. The molecule has 0 radical (unpaired) electrons. The van der Waals surface area contributed by atoms with Crippen molar-refractivity contribution in [2.75, 3.05) is 31.6 Å². The molecule has 2 heterocycles. The summed E-state index contributed by atoms with van der Waals surface area (Å²) in [5.74, 6) is -4.18. The number of carbonyl (C=O) groups excluding carboxylic acids is 6. The van der Waals surface area contributed by atoms with Crippen molar-refractivity contribution in [3.05, 3.63) is 80.4 Å². The van der Waals surface area contributed by atoms with Gasteiger partial charge in [-0.1, -0.05) is 37.6 Å². The van der Waals surface area contributed by atoms with Crippen molar-refractivity contribution in [2.24, 2.45) is 28.6 Å². The number of hydrogen-bond donors (Lipinski definition) is 1. The number of aliphatic hydroxyl groups excluding tert-OH is 1. The molecule has 4 saturated carbocycles. The molecule has 1 aliphatic heterocycles. The Morgan fingerprint density at radius 1 is 0.932 bits per heavy atom. The average Bonchev–Trinajstić information content (AvgIpc) is 4.12. The Kier molecular flexibility index (Phi) is 13.3. The SMILES string of the molecule is COc1c(N2CCN(C(=O)OC(C)OC(C)=O)C(C)C2)c(F)c(C)c2c(=O)c(C(=O)OC(C)(C)C(=O)[C@@]3(OC(=O)c4ccccc4)CC[C@H]4[C@@H]5CCC6=CC(=O)CC[C@]6(C)[C@H]5[C@@H](O)C[C@@]43C)c(C)n(C3CC3)c12. The number of ether oxygens (including phenoxy) is 5. The molecule has 16 nitrogen and oxygen atoms in total. The maximum atomic E-state index is 17.2. The van der Waals surface area contributed by atoms with Gasteiger partial charge in [-0.15, -0.1) is 0 Å². The minimum Gasteiger partial charge on any atom is -0.492 e. The van der Waals surface area contributed by atoms with Crippen LogP contribution in [-0.2, 0) is 33.3 Å². The predicted octanol–water partition coefficient (Wildman–Crippen LogP) is 8.26. The molecule has 9 atom stereocenters. The Hall–Kier alpha value is -6.10. The van der Waals surface area contributed by atoms with E-state index in [9.17, 15) is 29.1 Å². The van der Waals surface area contributed by atoms with Crippen LogP contribution in [0.5, 0.6) is 5.75 Å². The summed E-state index contributed by atoms with van der Waals surface area (Å²) in [7, 11) is 1.38. The second-order valence-electron chi connectivity index (χ2n) is 22.4. The number of hydrogen-bond acceptors (Lipinski definition) is 14. The van der Waals surface area contributed by atoms with Gasteiger partial charge in [-0.05, 0) is 127 Å². The number of aliphatic hydroxyl groups is 1. The van der Waals surface area contributed by atoms with Crippen molar-refractivity contribution >= 4 is 52.2 Å². The summed E-state index contributed by atoms with van der Waals surface area (Å²) in [6, 6.07) is 7.65. The van der Waals surface area contributed by atoms with E-state index in [-0.39, 0.29) is 101 Å². The molecule has 392 valence electrons. The zero-order chi connectivity index (χ0) is 52.9. The van der Waals surface area contributed by atoms with Crippen LogP contribution in [0.25, 0.3) is 10.9 Å². The number of pyridine rings is 1. The molecule has 1 saturated heterocycles. The smallest absolute Gasteiger partial charge is 0.413 e. The Morgan fingerprint density at radius 3 is 2.27 bits per heavy atom. The van der Waals surface area contributed by atoms with Crippen LogP contribution in [0.2, 0.25) is 0 Å². The molecule has 1 aromatic heterocycles. The Balaban J connectivity index is 1.07. The molecular formula is C56H68FN3O13. The van der Waals surface area contributed by atoms with Crippen molar-refractivity contribution in [3.63, 3.8) is 0 Å². The van der Waals surface area contributed by atoms with Crippen LogP contribution in [-0.4, -0.2) is 107 Å². The van der Waals surface area contributed by atoms with Crippen molar-refractivity contribution < 1.29 is 61.9 Å². The monoisotopic (exact) mass is 1010 g/mol. The average molecular weight is 1010 g/mol. The zero-order valence-corrected chi connectivity index (χ0v) is 43.6. The lowest BCUT2D eigenvalue weighted by molar-refractivity contribution is -0.191. The first kappa shape index (κ1) is 51.8. The Labute approximate surface area is 424 Å². The topological polar surface area (TPSA) is 197 Å². The Morgan fingerprint density at radius 2 is 1.63 bits per heavy atom. The van der Waals surface area contributed by atoms with Crippen LogP contribution in [0.15, 0.2) is 46.8 Å². The predicted molar refractivity (Wildman–Crippen MR) is 266 cm³/mol. The fourth-order valence-electron chi connectivity index (χ4n) is 14.1. The molecule has 0 bridgehead atoms. The number of ketones is 2. The summed E-state index contributed by atoms with van der Waals surface area (Å²) in [5.41, 5.74) is -4.80. The van der Waals surface area contributed by atoms with Gasteiger partial charge in [0.15, 0.2) is 28.6 Å². The number of amides is 1. The van der Waals surface area contributed by atoms with Crippen molar-refractivity contribution in [3.8, 4) is 5.75 Å². The highest BCUT2D eigenvalue weighted by molar-refractivity contribution is 6.04. The van der Waals surface area contributed by atoms with E-state index in [1.54, 1.807) is 55.2 Å². The number of piperazine rings is 1. The van der Waals surface area contributed by atoms with Crippen molar-refractivity contribution in [2.45, 2.75) is 156 Å². The maximum absolute atomic E-state index is 17.2. The molecule has 1 amide bonds. The highest BCUT2D eigenvalue weighted by atomic mass is 19.1. The van der Waals surface area contributed by atoms with Gasteiger partial charge >= 0.3 is 24.0 Å². The lowest BCUT2D eigenvalue weighted by atomic mass is 9.45. The lowest BCUT2D eigenvalue weighted by Crippen LogP contribution is -2.65. The highest BCUT2D eigenvalue weighted by Gasteiger charge is 2.72. The van der Waals surface area contributed by atoms with Gasteiger partial charge in [0.1, 0.15) is 11.3 Å². The third-order valence-electron chi connectivity index (χ3n) is 17.6. The summed E-state index contributed by atoms with van der Waals surface area (Å²) in [6.45, 7) is 14.8. The minimum atomic E-state index is -2.02. The molecule has 2 aromatic carbocycles. The van der Waals surface area contributed by atoms with E-state index in [0.29, 0.717) is 50.5 Å². The lowest BCUT2D eigenvalue weighted by Gasteiger charge is -2.61. The number of halogens is 1. The van der Waals surface area contributed by atoms with E-state index in [1.165, 1.54) is 46.6 Å². The first-order valence-electron chi connectivity index (χ1n) is 25.7. The first-order valence-corrected chi connectivity index (χ1v) is 25.7. The fraction of sp³-hybridized carbons (Fsp3) is 0.589. The van der Waals surface area contributed by atoms with Gasteiger partial charge in [0, 0.05) is 68.7 Å². The number of benzene rings is 2. The second kappa shape index (κ2) is 18.7. The zero-order valence-electron chi connectivity index (χ0n) is 43.6. The third kappa shape index (κ3) is 8.41. The highest BCUT2D eigenvalue weighted by Crippen LogP contribution is 2.69. The number of fused-ring (bicyclic) bond motifs is 6. The van der Waals surface area contributed by atoms with Gasteiger partial charge < -0.3 is 43.2 Å². The number of aryl methyl sites for hydroxylation is 1. The molecule has 6 aliphatic rings. The van der Waals surface area contributed by atoms with E-state index in [0.717, 1.165) is 5.57 Å². The molecule has 0 spiro atoms. The van der Waals surface area contributed by atoms with Crippen molar-refractivity contribution in [1.82, 2.24) is 9.47 Å². The summed E-state index contributed by atoms with van der Waals surface area (Å²) < 4.78 is 48.2. The van der Waals surface area contributed by atoms with E-state index >= 15 is 14.0 Å². The minimum absolute atomic E-state index is 0.0378. The third-order valence-corrected chi connectivity index (χ3v) is 17.6. The summed E-state index contributed by atoms with van der Waals surface area (Å²) >= 11 is 0. The van der Waals surface area contributed by atoms with Crippen LogP contribution in [0.4, 0.5) is 14.9 Å². The molecule has 3 aromatic rings. The standard InChI is InChI=1S/C56H68FN3O13/c1-29-28-58(24-25-59(29)52(68)71-33(5)70-32(4)61)46-44(57)30(2)41-45(48(46)69-10)60(36-17-18-36)31(3)42(47(41)64)50(66)72-53(6,7)51(67)56(73-49(65)34-14-12-11-13-15-34)23-21-39-38-19-16-35-26-37(62)20-22-54(35,8)43(38)40(63)27-55(39,56)9/h11-15,26,29,33,36,38-40,43,63H,16-25,27-28H2,1-10H3/t29?,33?,38-,39-,40-,43+,54-,55-,56-/m0/s1. The molecule has 73 heavy (non-hydrogen) atoms. The van der Waals surface area contributed by atoms with Crippen LogP contribution in [0, 0.1) is 48.2 Å². The quantitative estimate of drug-likeness (QED) is 0.109. The molecule has 17 heteroatoms. The normalized spacial score (nSPS) is 29.3. The molecule has 9 rings (SSSR count). The molecule has 1 N–H and O–H groups in total. The number of anilines is 1. The fourth-order valence-corrected chi connectivity index (χ4v) is 14.1. The largest absolute Gasteiger partial charge is 0.492 e. The summed E-state index contributed by atoms with van der Waals surface area (Å²) in [4.78, 5) is 100. The summed E-state index contributed by atoms with van der Waals surface area (Å²) in [5, 5.41) is 12.3. The van der Waals surface area contributed by atoms with Gasteiger partial charge in [-0.25, -0.2) is 18.8 Å². The van der Waals surface area contributed by atoms with Crippen LogP contribution < -0.4 is 15.1 Å². The molecule has 5 fully saturated rings. The Bertz CT molecular complexity index is 2910. The number of methoxy groups -OCH3 is 1. The van der Waals surface area contributed by atoms with E-state index < -0.39 is 81.5 Å². The van der Waals surface area contributed by atoms with Crippen LogP contribution in [0.3, 0.4) is 0 Å². The number of Topliss-reactive ketones (excluding diaryl/α,β-unsaturated/α-hetero) is 1. The van der Waals surface area contributed by atoms with Gasteiger partial charge in [0.2, 0.25) is 17.5 Å². The first-order chi connectivity index (χ1) is 34.4. The number of esters is 3. The second-order valence-corrected chi connectivity index (χ2v) is 22.4. The van der Waals surface area contributed by atoms with Gasteiger partial charge in [-0.2, -0.15) is 0 Å². The summed E-state index contributed by atoms with van der Waals surface area (Å²) in [6.07, 6.45) is 3.44. The van der Waals surface area contributed by atoms with Crippen LogP contribution in [0.1, 0.15) is 144 Å². The maximum Gasteiger partial charge on any atom is 0.413 e. The van der Waals surface area contributed by atoms with Gasteiger partial charge in [0.05, 0.1) is 29.7 Å². The molecule has 2 unspecified atom stereocenters. The number of carbonyl (C=O) groups is 6. The van der Waals surface area contributed by atoms with E-state index in [1.807, 2.05) is 11.5 Å². The number of nitrogens with zero attached hydrogens (tertiary/aromatic N) is 3. The van der Waals surface area contributed by atoms with E-state index in [2.05, 4.69) is 6.92 Å². The number of allylic oxidation sites excluding steroid dienone is 1. The van der Waals surface area contributed by atoms with Crippen LogP contribution >= 0.6 is 0 Å². The van der Waals surface area contributed by atoms with Gasteiger partial charge in [0.25, 0.3) is 0 Å². The van der Waals surface area contributed by atoms with Crippen molar-refractivity contribution in [1.29, 1.82) is 0 Å².